The van der Waals surface area contributed by atoms with Crippen molar-refractivity contribution in [2.45, 2.75) is 6.42 Å². The summed E-state index contributed by atoms with van der Waals surface area (Å²) < 4.78 is 48.2. The van der Waals surface area contributed by atoms with E-state index in [0.717, 1.165) is 77.5 Å². The second-order valence-corrected chi connectivity index (χ2v) is 28.6. The molecule has 12 heteroatoms. The summed E-state index contributed by atoms with van der Waals surface area (Å²) in [6.07, 6.45) is 1.04. The molecule has 0 fully saturated rings. The maximum atomic E-state index is 13.4. The van der Waals surface area contributed by atoms with Gasteiger partial charge in [-0.2, -0.15) is 0 Å². The minimum absolute atomic E-state index is 0. The van der Waals surface area contributed by atoms with E-state index in [1.54, 1.807) is 6.07 Å². The van der Waals surface area contributed by atoms with Crippen molar-refractivity contribution >= 4 is 159 Å². The van der Waals surface area contributed by atoms with Gasteiger partial charge in [-0.15, -0.1) is 0 Å². The predicted molar refractivity (Wildman–Crippen MR) is 461 cm³/mol. The molecule has 24 rings (SSSR count). The molecule has 0 spiro atoms. The van der Waals surface area contributed by atoms with E-state index in [4.69, 9.17) is 20.3 Å². The van der Waals surface area contributed by atoms with Crippen molar-refractivity contribution in [2.75, 3.05) is 7.15 Å². The van der Waals surface area contributed by atoms with Crippen molar-refractivity contribution < 1.29 is 173 Å². The van der Waals surface area contributed by atoms with E-state index in [9.17, 15) is 8.78 Å². The zero-order chi connectivity index (χ0) is 76.5. The van der Waals surface area contributed by atoms with Gasteiger partial charge < -0.3 is 34.1 Å². The zero-order valence-electron chi connectivity index (χ0n) is 64.8. The van der Waals surface area contributed by atoms with Gasteiger partial charge >= 0.3 is 138 Å². The number of furan rings is 2. The van der Waals surface area contributed by atoms with Crippen LogP contribution in [0.3, 0.4) is 0 Å². The molecule has 0 atom stereocenters. The van der Waals surface area contributed by atoms with E-state index >= 15 is 0 Å². The molecule has 0 saturated heterocycles. The van der Waals surface area contributed by atoms with Crippen LogP contribution in [-0.4, -0.2) is 27.3 Å². The second-order valence-electron chi connectivity index (χ2n) is 28.6. The molecule has 115 heavy (non-hydrogen) atoms. The Morgan fingerprint density at radius 2 is 0.678 bits per heavy atom. The number of alkyl halides is 1. The second kappa shape index (κ2) is 32.2. The Morgan fingerprint density at radius 1 is 0.322 bits per heavy atom. The van der Waals surface area contributed by atoms with E-state index in [1.807, 2.05) is 42.5 Å². The Bertz CT molecular complexity index is 7770. The van der Waals surface area contributed by atoms with Crippen LogP contribution in [0.1, 0.15) is 13.9 Å². The third-order valence-electron chi connectivity index (χ3n) is 22.3. The van der Waals surface area contributed by atoms with Crippen molar-refractivity contribution in [3.63, 3.8) is 0 Å². The van der Waals surface area contributed by atoms with Gasteiger partial charge in [0.1, 0.15) is 28.1 Å². The molecule has 18 aromatic carbocycles. The van der Waals surface area contributed by atoms with Gasteiger partial charge in [0.25, 0.3) is 6.47 Å². The quantitative estimate of drug-likeness (QED) is 0.0716. The SMILES string of the molecule is Fc1ccc2cc3cc4oc5ccccc5c4cc3cc2c1.O=CO[O-].[2H]CF.[Cs+].[Cs+].[H-].c1ccc(-n2c3ccccc3c3cc(-c4ccc5c(c4)-c4ccccc4C5)ccc32)cc1.c1ccc(-n2c3ccccc3c3cc(-c4ccc5c(c4)c4ccccc4n5-c4ccc5cc6cc7oc8ccccc8c7cc6cc5c4)ccc32)cc1. The van der Waals surface area contributed by atoms with Gasteiger partial charge in [0, 0.05) is 70.9 Å². The van der Waals surface area contributed by atoms with E-state index in [0.29, 0.717) is 0 Å². The van der Waals surface area contributed by atoms with Crippen molar-refractivity contribution in [1.82, 2.24) is 13.7 Å². The number of benzene rings is 18. The fourth-order valence-electron chi connectivity index (χ4n) is 17.3. The van der Waals surface area contributed by atoms with Crippen LogP contribution in [-0.2, 0) is 16.1 Å². The van der Waals surface area contributed by atoms with Gasteiger partial charge in [-0.05, 0) is 264 Å². The first-order valence-electron chi connectivity index (χ1n) is 38.2. The summed E-state index contributed by atoms with van der Waals surface area (Å²) in [5.41, 5.74) is 25.1. The smallest absolute Gasteiger partial charge is 1.00 e. The molecule has 0 bridgehead atoms. The molecule has 1 aliphatic rings. The van der Waals surface area contributed by atoms with Gasteiger partial charge in [-0.1, -0.05) is 194 Å². The van der Waals surface area contributed by atoms with Crippen LogP contribution in [0, 0.1) is 5.82 Å². The summed E-state index contributed by atoms with van der Waals surface area (Å²) >= 11 is 0. The Morgan fingerprint density at radius 3 is 1.17 bits per heavy atom. The molecule has 0 aliphatic heterocycles. The minimum atomic E-state index is -1.00. The number of carbonyl (C=O) groups is 1. The van der Waals surface area contributed by atoms with E-state index < -0.39 is 7.15 Å². The molecule has 0 radical (unpaired) electrons. The summed E-state index contributed by atoms with van der Waals surface area (Å²) in [6.45, 7) is -0.181. The van der Waals surface area contributed by atoms with Gasteiger partial charge in [-0.25, -0.2) is 4.39 Å². The number of para-hydroxylation sites is 7. The van der Waals surface area contributed by atoms with E-state index in [1.165, 1.54) is 149 Å². The fraction of sp³-hybridized carbons (Fsp3) is 0.0194. The molecule has 0 unspecified atom stereocenters. The number of hydrogen-bond acceptors (Lipinski definition) is 5. The summed E-state index contributed by atoms with van der Waals surface area (Å²) in [6, 6.07) is 129. The number of aromatic nitrogens is 3. The molecule has 1 aliphatic carbocycles. The first-order chi connectivity index (χ1) is 56.2. The fourth-order valence-corrected chi connectivity index (χ4v) is 17.3. The molecule has 23 aromatic rings. The summed E-state index contributed by atoms with van der Waals surface area (Å²) in [7, 11) is -1.00. The maximum Gasteiger partial charge on any atom is 1.00 e. The van der Waals surface area contributed by atoms with Gasteiger partial charge in [0.15, 0.2) is 0 Å². The average molecular weight is 1730 g/mol. The van der Waals surface area contributed by atoms with Crippen LogP contribution in [0.15, 0.2) is 373 Å². The average Bonchev–Trinajstić information content (AvgIpc) is 1.59. The van der Waals surface area contributed by atoms with E-state index in [2.05, 4.69) is 328 Å². The number of halogens is 2. The number of nitrogens with zero attached hydrogens (tertiary/aromatic N) is 3. The zero-order valence-corrected chi connectivity index (χ0v) is 75.3. The third kappa shape index (κ3) is 13.7. The molecule has 5 aromatic heterocycles. The Kier molecular flexibility index (Phi) is 20.9. The van der Waals surface area contributed by atoms with Crippen molar-refractivity contribution in [3.8, 4) is 50.4 Å². The summed E-state index contributed by atoms with van der Waals surface area (Å²) in [5, 5.41) is 29.5. The molecule has 8 nitrogen and oxygen atoms in total. The molecular formula is C103H67Cs2F2N3O5. The molecule has 0 amide bonds. The standard InChI is InChI=1S/C50H30N2O.C31H21N.C20H11FO.CH3F.CH2O3.2Cs.H/c1-2-10-37(11-3-1)51-45-15-7-4-12-39(45)42-27-32(19-22-47(42)51)33-20-23-48-43(28-33)40-13-5-8-16-46(40)52(48)38-21-18-31-24-36-30-50-44(29-35(36)25-34(31)26-38)41-14-6-9-17-49(41)53-50;1-2-9-25(10-3-1)32-30-13-7-6-12-27(30)29-20-22(16-17-31(29)32)21-14-15-24-18-23-8-4-5-11-26(23)28(24)19-21;21-16-6-5-12-7-15-11-20-18(10-14(15)8-13(12)9-16)17-3-1-2-4-19(17)22-20;1-2;2-1-4-3;;;/h1-30H;1-17,19-20H,18H2;1-11H;1H3;1,3H;;;/q;;;;;2*+1;-1/p-1/i;;;1D;;;;. The number of carbonyl (C=O) groups excluding carboxylic acids is 1. The summed E-state index contributed by atoms with van der Waals surface area (Å²) in [5.74, 6) is -0.207. The molecule has 5 heterocycles. The number of fused-ring (bicyclic) bond motifs is 22. The van der Waals surface area contributed by atoms with Crippen LogP contribution in [0.25, 0.3) is 203 Å². The number of hydrogen-bond donors (Lipinski definition) is 0. The first-order valence-corrected chi connectivity index (χ1v) is 37.5. The largest absolute Gasteiger partial charge is 1.00 e. The van der Waals surface area contributed by atoms with Crippen LogP contribution >= 0.6 is 0 Å². The van der Waals surface area contributed by atoms with Crippen LogP contribution < -0.4 is 143 Å². The van der Waals surface area contributed by atoms with Gasteiger partial charge in [0.2, 0.25) is 0 Å². The Hall–Kier alpha value is -10.6. The van der Waals surface area contributed by atoms with Crippen LogP contribution in [0.5, 0.6) is 0 Å². The Labute approximate surface area is 779 Å². The van der Waals surface area contributed by atoms with Crippen molar-refractivity contribution in [1.29, 1.82) is 0 Å². The van der Waals surface area contributed by atoms with Crippen LogP contribution in [0.2, 0.25) is 0 Å². The van der Waals surface area contributed by atoms with E-state index in [-0.39, 0.29) is 152 Å². The maximum absolute atomic E-state index is 13.4. The summed E-state index contributed by atoms with van der Waals surface area (Å²) in [4.78, 5) is 11.2. The Balaban J connectivity index is 0.000000130. The number of rotatable bonds is 6. The monoisotopic (exact) mass is 1730 g/mol. The molecule has 0 N–H and O–H groups in total. The third-order valence-corrected chi connectivity index (χ3v) is 22.3. The molecule has 540 valence electrons. The molecular weight excluding hydrogens is 1660 g/mol. The first kappa shape index (κ1) is 74.5. The van der Waals surface area contributed by atoms with Gasteiger partial charge in [0.05, 0.1) is 41.6 Å². The normalized spacial score (nSPS) is 11.6. The topological polar surface area (TPSA) is 90.4 Å². The van der Waals surface area contributed by atoms with Crippen molar-refractivity contribution in [2.24, 2.45) is 0 Å². The van der Waals surface area contributed by atoms with Gasteiger partial charge in [-0.3, -0.25) is 9.18 Å². The predicted octanol–water partition coefficient (Wildman–Crippen LogP) is 20.9. The molecule has 0 saturated carbocycles. The van der Waals surface area contributed by atoms with Crippen molar-refractivity contribution in [3.05, 3.63) is 381 Å². The van der Waals surface area contributed by atoms with Crippen LogP contribution in [0.4, 0.5) is 8.78 Å². The minimum Gasteiger partial charge on any atom is -1.00 e.